The standard InChI is InChI=1S/C18H15N3O2/c19-14-8-6-13(7-9-14)18-16(21(22)23)11-10-15(20)17(18)12-4-2-1-3-5-12/h1-11H,19-20H2. The summed E-state index contributed by atoms with van der Waals surface area (Å²) >= 11 is 0. The lowest BCUT2D eigenvalue weighted by Gasteiger charge is -2.14. The first-order valence-electron chi connectivity index (χ1n) is 7.06. The topological polar surface area (TPSA) is 95.2 Å². The van der Waals surface area contributed by atoms with Crippen LogP contribution < -0.4 is 11.5 Å². The molecule has 0 amide bonds. The highest BCUT2D eigenvalue weighted by Gasteiger charge is 2.22. The molecule has 0 aliphatic heterocycles. The van der Waals surface area contributed by atoms with Crippen LogP contribution in [0.1, 0.15) is 0 Å². The average molecular weight is 305 g/mol. The highest BCUT2D eigenvalue weighted by molar-refractivity contribution is 5.96. The zero-order chi connectivity index (χ0) is 16.4. The molecule has 4 N–H and O–H groups in total. The fourth-order valence-corrected chi connectivity index (χ4v) is 2.62. The number of hydrogen-bond acceptors (Lipinski definition) is 4. The van der Waals surface area contributed by atoms with Gasteiger partial charge in [0, 0.05) is 23.0 Å². The van der Waals surface area contributed by atoms with Crippen molar-refractivity contribution in [2.24, 2.45) is 0 Å². The zero-order valence-electron chi connectivity index (χ0n) is 12.3. The number of nitrogen functional groups attached to an aromatic ring is 2. The van der Waals surface area contributed by atoms with Crippen molar-refractivity contribution in [1.82, 2.24) is 0 Å². The summed E-state index contributed by atoms with van der Waals surface area (Å²) in [5, 5.41) is 11.5. The van der Waals surface area contributed by atoms with E-state index >= 15 is 0 Å². The number of anilines is 2. The Morgan fingerprint density at radius 3 is 1.96 bits per heavy atom. The molecule has 114 valence electrons. The highest BCUT2D eigenvalue weighted by Crippen LogP contribution is 2.42. The molecule has 0 fully saturated rings. The minimum absolute atomic E-state index is 0.0165. The fourth-order valence-electron chi connectivity index (χ4n) is 2.62. The molecule has 0 unspecified atom stereocenters. The number of nitro benzene ring substituents is 1. The molecule has 0 heterocycles. The Labute approximate surface area is 133 Å². The molecule has 5 nitrogen and oxygen atoms in total. The summed E-state index contributed by atoms with van der Waals surface area (Å²) < 4.78 is 0. The first-order valence-corrected chi connectivity index (χ1v) is 7.06. The third-order valence-corrected chi connectivity index (χ3v) is 3.67. The molecule has 0 saturated carbocycles. The molecule has 0 atom stereocenters. The minimum atomic E-state index is -0.391. The van der Waals surface area contributed by atoms with Gasteiger partial charge < -0.3 is 11.5 Å². The number of hydrogen-bond donors (Lipinski definition) is 2. The van der Waals surface area contributed by atoms with Crippen molar-refractivity contribution in [3.8, 4) is 22.3 Å². The van der Waals surface area contributed by atoms with Gasteiger partial charge in [0.05, 0.1) is 10.5 Å². The molecule has 0 spiro atoms. The van der Waals surface area contributed by atoms with E-state index in [1.165, 1.54) is 6.07 Å². The summed E-state index contributed by atoms with van der Waals surface area (Å²) in [4.78, 5) is 11.1. The Kier molecular flexibility index (Phi) is 3.68. The lowest BCUT2D eigenvalue weighted by atomic mass is 9.91. The predicted octanol–water partition coefficient (Wildman–Crippen LogP) is 4.09. The highest BCUT2D eigenvalue weighted by atomic mass is 16.6. The second kappa shape index (κ2) is 5.81. The predicted molar refractivity (Wildman–Crippen MR) is 92.8 cm³/mol. The molecule has 0 aromatic heterocycles. The van der Waals surface area contributed by atoms with Gasteiger partial charge in [0.15, 0.2) is 0 Å². The first-order chi connectivity index (χ1) is 11.1. The number of nitro groups is 1. The van der Waals surface area contributed by atoms with Crippen molar-refractivity contribution in [1.29, 1.82) is 0 Å². The molecular formula is C18H15N3O2. The van der Waals surface area contributed by atoms with Gasteiger partial charge >= 0.3 is 0 Å². The Morgan fingerprint density at radius 1 is 0.739 bits per heavy atom. The van der Waals surface area contributed by atoms with Crippen molar-refractivity contribution in [3.63, 3.8) is 0 Å². The van der Waals surface area contributed by atoms with E-state index in [2.05, 4.69) is 0 Å². The Hall–Kier alpha value is -3.34. The lowest BCUT2D eigenvalue weighted by molar-refractivity contribution is -0.384. The van der Waals surface area contributed by atoms with Crippen LogP contribution >= 0.6 is 0 Å². The second-order valence-corrected chi connectivity index (χ2v) is 5.17. The molecular weight excluding hydrogens is 290 g/mol. The molecule has 0 aliphatic rings. The fraction of sp³-hybridized carbons (Fsp3) is 0. The number of nitrogens with two attached hydrogens (primary N) is 2. The van der Waals surface area contributed by atoms with Crippen LogP contribution in [0, 0.1) is 10.1 Å². The van der Waals surface area contributed by atoms with Gasteiger partial charge in [-0.2, -0.15) is 0 Å². The summed E-state index contributed by atoms with van der Waals surface area (Å²) in [5.41, 5.74) is 15.7. The first kappa shape index (κ1) is 14.6. The van der Waals surface area contributed by atoms with E-state index in [0.29, 0.717) is 28.1 Å². The molecule has 23 heavy (non-hydrogen) atoms. The van der Waals surface area contributed by atoms with E-state index in [1.807, 2.05) is 30.3 Å². The van der Waals surface area contributed by atoms with Gasteiger partial charge in [-0.3, -0.25) is 10.1 Å². The van der Waals surface area contributed by atoms with Crippen molar-refractivity contribution >= 4 is 17.1 Å². The third-order valence-electron chi connectivity index (χ3n) is 3.67. The molecule has 0 saturated heterocycles. The maximum atomic E-state index is 11.5. The molecule has 5 heteroatoms. The summed E-state index contributed by atoms with van der Waals surface area (Å²) in [6.45, 7) is 0. The molecule has 0 bridgehead atoms. The molecule has 3 rings (SSSR count). The van der Waals surface area contributed by atoms with Gasteiger partial charge in [0.25, 0.3) is 5.69 Å². The molecule has 0 aliphatic carbocycles. The van der Waals surface area contributed by atoms with Crippen LogP contribution in [0.15, 0.2) is 66.7 Å². The monoisotopic (exact) mass is 305 g/mol. The van der Waals surface area contributed by atoms with E-state index in [0.717, 1.165) is 5.56 Å². The Balaban J connectivity index is 2.36. The van der Waals surface area contributed by atoms with E-state index in [1.54, 1.807) is 30.3 Å². The van der Waals surface area contributed by atoms with Gasteiger partial charge in [-0.15, -0.1) is 0 Å². The SMILES string of the molecule is Nc1ccc(-c2c([N+](=O)[O-])ccc(N)c2-c2ccccc2)cc1. The largest absolute Gasteiger partial charge is 0.399 e. The molecule has 0 radical (unpaired) electrons. The summed E-state index contributed by atoms with van der Waals surface area (Å²) in [7, 11) is 0. The normalized spacial score (nSPS) is 10.4. The van der Waals surface area contributed by atoms with Gasteiger partial charge in [0.1, 0.15) is 0 Å². The summed E-state index contributed by atoms with van der Waals surface area (Å²) in [6, 6.07) is 19.4. The minimum Gasteiger partial charge on any atom is -0.399 e. The van der Waals surface area contributed by atoms with Crippen LogP contribution in [-0.2, 0) is 0 Å². The van der Waals surface area contributed by atoms with Gasteiger partial charge in [-0.05, 0) is 29.3 Å². The average Bonchev–Trinajstić information content (AvgIpc) is 2.56. The zero-order valence-corrected chi connectivity index (χ0v) is 12.3. The summed E-state index contributed by atoms with van der Waals surface area (Å²) in [5.74, 6) is 0. The quantitative estimate of drug-likeness (QED) is 0.433. The number of nitrogens with zero attached hydrogens (tertiary/aromatic N) is 1. The van der Waals surface area contributed by atoms with Crippen molar-refractivity contribution in [3.05, 3.63) is 76.8 Å². The van der Waals surface area contributed by atoms with Crippen LogP contribution in [0.25, 0.3) is 22.3 Å². The van der Waals surface area contributed by atoms with Gasteiger partial charge in [-0.1, -0.05) is 42.5 Å². The van der Waals surface area contributed by atoms with Gasteiger partial charge in [0.2, 0.25) is 0 Å². The van der Waals surface area contributed by atoms with Crippen molar-refractivity contribution < 1.29 is 4.92 Å². The van der Waals surface area contributed by atoms with Crippen molar-refractivity contribution in [2.75, 3.05) is 11.5 Å². The van der Waals surface area contributed by atoms with Crippen LogP contribution in [0.5, 0.6) is 0 Å². The van der Waals surface area contributed by atoms with Crippen LogP contribution in [0.2, 0.25) is 0 Å². The van der Waals surface area contributed by atoms with Crippen LogP contribution in [0.3, 0.4) is 0 Å². The number of rotatable bonds is 3. The molecule has 3 aromatic rings. The lowest BCUT2D eigenvalue weighted by Crippen LogP contribution is -1.99. The van der Waals surface area contributed by atoms with E-state index in [4.69, 9.17) is 11.5 Å². The van der Waals surface area contributed by atoms with E-state index in [-0.39, 0.29) is 5.69 Å². The smallest absolute Gasteiger partial charge is 0.277 e. The van der Waals surface area contributed by atoms with Crippen LogP contribution in [-0.4, -0.2) is 4.92 Å². The summed E-state index contributed by atoms with van der Waals surface area (Å²) in [6.07, 6.45) is 0. The molecule has 3 aromatic carbocycles. The Morgan fingerprint density at radius 2 is 1.35 bits per heavy atom. The van der Waals surface area contributed by atoms with E-state index < -0.39 is 4.92 Å². The van der Waals surface area contributed by atoms with Gasteiger partial charge in [-0.25, -0.2) is 0 Å². The second-order valence-electron chi connectivity index (χ2n) is 5.17. The maximum absolute atomic E-state index is 11.5. The maximum Gasteiger partial charge on any atom is 0.277 e. The van der Waals surface area contributed by atoms with E-state index in [9.17, 15) is 10.1 Å². The number of benzene rings is 3. The van der Waals surface area contributed by atoms with Crippen molar-refractivity contribution in [2.45, 2.75) is 0 Å². The Bertz CT molecular complexity index is 859. The third kappa shape index (κ3) is 2.72. The van der Waals surface area contributed by atoms with Crippen LogP contribution in [0.4, 0.5) is 17.1 Å².